The molecule has 1 heterocycles. The van der Waals surface area contributed by atoms with Crippen molar-refractivity contribution in [1.82, 2.24) is 20.3 Å². The summed E-state index contributed by atoms with van der Waals surface area (Å²) in [6.45, 7) is 0.743. The smallest absolute Gasteiger partial charge is 0.306 e. The minimum absolute atomic E-state index is 0.0411. The molecule has 6 nitrogen and oxygen atoms in total. The lowest BCUT2D eigenvalue weighted by Crippen LogP contribution is -2.34. The molecule has 6 heteroatoms. The standard InChI is InChI=1S/C18H22N4O2/c23-18(24)15-9-16(17(10-15)22-8-7-20-21-22)19-11-12-1-3-13(4-2-12)14-5-6-14/h1-4,7-8,14-17,19H,5-6,9-11H2,(H,23,24)/t15?,16-,17+/m1/s1. The molecule has 0 spiro atoms. The Hall–Kier alpha value is -2.21. The SMILES string of the molecule is O=C(O)C1C[C@@H](NCc2ccc(C3CC3)cc2)[C@@H](n2ccnn2)C1. The van der Waals surface area contributed by atoms with E-state index in [9.17, 15) is 9.90 Å². The number of carbonyl (C=O) groups is 1. The van der Waals surface area contributed by atoms with Gasteiger partial charge in [-0.3, -0.25) is 4.79 Å². The van der Waals surface area contributed by atoms with Gasteiger partial charge in [0.25, 0.3) is 0 Å². The molecule has 0 saturated heterocycles. The summed E-state index contributed by atoms with van der Waals surface area (Å²) >= 11 is 0. The van der Waals surface area contributed by atoms with Gasteiger partial charge in [-0.1, -0.05) is 29.5 Å². The van der Waals surface area contributed by atoms with Crippen LogP contribution in [0.3, 0.4) is 0 Å². The lowest BCUT2D eigenvalue weighted by atomic mass is 10.1. The second-order valence-electron chi connectivity index (χ2n) is 6.96. The molecule has 0 bridgehead atoms. The molecule has 0 amide bonds. The molecule has 1 unspecified atom stereocenters. The normalized spacial score (nSPS) is 26.6. The van der Waals surface area contributed by atoms with Crippen molar-refractivity contribution in [2.24, 2.45) is 5.92 Å². The Morgan fingerprint density at radius 3 is 2.67 bits per heavy atom. The van der Waals surface area contributed by atoms with E-state index in [2.05, 4.69) is 39.9 Å². The van der Waals surface area contributed by atoms with Crippen molar-refractivity contribution in [2.75, 3.05) is 0 Å². The van der Waals surface area contributed by atoms with Crippen LogP contribution in [0.25, 0.3) is 0 Å². The second kappa shape index (κ2) is 6.36. The minimum atomic E-state index is -0.724. The first-order valence-electron chi connectivity index (χ1n) is 8.61. The zero-order valence-electron chi connectivity index (χ0n) is 13.5. The average molecular weight is 326 g/mol. The molecule has 2 N–H and O–H groups in total. The van der Waals surface area contributed by atoms with Crippen molar-refractivity contribution in [2.45, 2.75) is 50.2 Å². The number of nitrogens with zero attached hydrogens (tertiary/aromatic N) is 3. The van der Waals surface area contributed by atoms with Crippen molar-refractivity contribution in [3.63, 3.8) is 0 Å². The van der Waals surface area contributed by atoms with Gasteiger partial charge in [-0.25, -0.2) is 4.68 Å². The van der Waals surface area contributed by atoms with Crippen LogP contribution in [0.2, 0.25) is 0 Å². The van der Waals surface area contributed by atoms with Crippen LogP contribution >= 0.6 is 0 Å². The first-order valence-corrected chi connectivity index (χ1v) is 8.61. The molecular formula is C18H22N4O2. The second-order valence-corrected chi connectivity index (χ2v) is 6.96. The Bertz CT molecular complexity index is 694. The highest BCUT2D eigenvalue weighted by molar-refractivity contribution is 5.70. The number of carboxylic acids is 1. The number of carboxylic acid groups (broad SMARTS) is 1. The first-order chi connectivity index (χ1) is 11.7. The zero-order chi connectivity index (χ0) is 16.5. The van der Waals surface area contributed by atoms with Crippen LogP contribution in [0.5, 0.6) is 0 Å². The van der Waals surface area contributed by atoms with E-state index in [-0.39, 0.29) is 18.0 Å². The molecule has 3 atom stereocenters. The highest BCUT2D eigenvalue weighted by Crippen LogP contribution is 2.40. The predicted molar refractivity (Wildman–Crippen MR) is 88.5 cm³/mol. The van der Waals surface area contributed by atoms with Gasteiger partial charge in [-0.2, -0.15) is 0 Å². The van der Waals surface area contributed by atoms with Gasteiger partial charge in [0.2, 0.25) is 0 Å². The summed E-state index contributed by atoms with van der Waals surface area (Å²) in [6, 6.07) is 8.93. The maximum absolute atomic E-state index is 11.4. The summed E-state index contributed by atoms with van der Waals surface area (Å²) in [4.78, 5) is 11.4. The Morgan fingerprint density at radius 2 is 2.04 bits per heavy atom. The third-order valence-electron chi connectivity index (χ3n) is 5.26. The topological polar surface area (TPSA) is 80.0 Å². The molecule has 126 valence electrons. The third-order valence-corrected chi connectivity index (χ3v) is 5.26. The molecule has 2 saturated carbocycles. The molecule has 4 rings (SSSR count). The molecule has 2 aliphatic rings. The van der Waals surface area contributed by atoms with E-state index in [1.807, 2.05) is 6.20 Å². The van der Waals surface area contributed by atoms with Gasteiger partial charge in [0, 0.05) is 18.8 Å². The molecule has 1 aromatic carbocycles. The quantitative estimate of drug-likeness (QED) is 0.852. The highest BCUT2D eigenvalue weighted by Gasteiger charge is 2.39. The summed E-state index contributed by atoms with van der Waals surface area (Å²) in [7, 11) is 0. The first kappa shape index (κ1) is 15.3. The van der Waals surface area contributed by atoms with Gasteiger partial charge in [-0.15, -0.1) is 5.10 Å². The number of rotatable bonds is 6. The number of nitrogens with one attached hydrogen (secondary N) is 1. The van der Waals surface area contributed by atoms with E-state index < -0.39 is 5.97 Å². The number of aromatic nitrogens is 3. The summed E-state index contributed by atoms with van der Waals surface area (Å²) < 4.78 is 1.79. The summed E-state index contributed by atoms with van der Waals surface area (Å²) in [6.07, 6.45) is 7.30. The summed E-state index contributed by atoms with van der Waals surface area (Å²) in [5.74, 6) is -0.276. The molecular weight excluding hydrogens is 304 g/mol. The largest absolute Gasteiger partial charge is 0.481 e. The molecule has 2 aromatic rings. The number of aliphatic carboxylic acids is 1. The summed E-state index contributed by atoms with van der Waals surface area (Å²) in [5, 5.41) is 20.8. The van der Waals surface area contributed by atoms with Crippen LogP contribution in [0.1, 0.15) is 48.8 Å². The van der Waals surface area contributed by atoms with E-state index in [0.29, 0.717) is 12.8 Å². The fourth-order valence-electron chi connectivity index (χ4n) is 3.70. The monoisotopic (exact) mass is 326 g/mol. The van der Waals surface area contributed by atoms with Crippen LogP contribution in [0.15, 0.2) is 36.7 Å². The summed E-state index contributed by atoms with van der Waals surface area (Å²) in [5.41, 5.74) is 2.67. The van der Waals surface area contributed by atoms with E-state index in [4.69, 9.17) is 0 Å². The van der Waals surface area contributed by atoms with Crippen molar-refractivity contribution in [3.8, 4) is 0 Å². The van der Waals surface area contributed by atoms with Gasteiger partial charge >= 0.3 is 5.97 Å². The Morgan fingerprint density at radius 1 is 1.25 bits per heavy atom. The lowest BCUT2D eigenvalue weighted by molar-refractivity contribution is -0.141. The average Bonchev–Trinajstić information content (AvgIpc) is 3.12. The molecule has 2 aliphatic carbocycles. The molecule has 1 aromatic heterocycles. The maximum Gasteiger partial charge on any atom is 0.306 e. The molecule has 0 aliphatic heterocycles. The van der Waals surface area contributed by atoms with Crippen LogP contribution in [0.4, 0.5) is 0 Å². The van der Waals surface area contributed by atoms with Gasteiger partial charge in [-0.05, 0) is 42.7 Å². The highest BCUT2D eigenvalue weighted by atomic mass is 16.4. The number of benzene rings is 1. The molecule has 0 radical (unpaired) electrons. The van der Waals surface area contributed by atoms with Gasteiger partial charge in [0.15, 0.2) is 0 Å². The van der Waals surface area contributed by atoms with Crippen molar-refractivity contribution >= 4 is 5.97 Å². The third kappa shape index (κ3) is 3.19. The van der Waals surface area contributed by atoms with E-state index in [0.717, 1.165) is 12.5 Å². The van der Waals surface area contributed by atoms with Crippen LogP contribution in [-0.2, 0) is 11.3 Å². The van der Waals surface area contributed by atoms with Gasteiger partial charge in [0.1, 0.15) is 0 Å². The van der Waals surface area contributed by atoms with Gasteiger partial charge in [0.05, 0.1) is 18.2 Å². The fourth-order valence-corrected chi connectivity index (χ4v) is 3.70. The maximum atomic E-state index is 11.4. The predicted octanol–water partition coefficient (Wildman–Crippen LogP) is 2.35. The minimum Gasteiger partial charge on any atom is -0.481 e. The van der Waals surface area contributed by atoms with Crippen molar-refractivity contribution < 1.29 is 9.90 Å². The Balaban J connectivity index is 1.42. The fraction of sp³-hybridized carbons (Fsp3) is 0.500. The molecule has 2 fully saturated rings. The van der Waals surface area contributed by atoms with E-state index >= 15 is 0 Å². The Labute approximate surface area is 140 Å². The molecule has 24 heavy (non-hydrogen) atoms. The van der Waals surface area contributed by atoms with E-state index in [1.165, 1.54) is 24.0 Å². The van der Waals surface area contributed by atoms with Gasteiger partial charge < -0.3 is 10.4 Å². The van der Waals surface area contributed by atoms with Crippen LogP contribution in [0, 0.1) is 5.92 Å². The van der Waals surface area contributed by atoms with Crippen LogP contribution in [-0.4, -0.2) is 32.1 Å². The lowest BCUT2D eigenvalue weighted by Gasteiger charge is -2.21. The van der Waals surface area contributed by atoms with Crippen molar-refractivity contribution in [3.05, 3.63) is 47.8 Å². The van der Waals surface area contributed by atoms with Crippen LogP contribution < -0.4 is 5.32 Å². The van der Waals surface area contributed by atoms with Crippen molar-refractivity contribution in [1.29, 1.82) is 0 Å². The zero-order valence-corrected chi connectivity index (χ0v) is 13.5. The van der Waals surface area contributed by atoms with E-state index in [1.54, 1.807) is 10.9 Å². The number of hydrogen-bond donors (Lipinski definition) is 2. The number of hydrogen-bond acceptors (Lipinski definition) is 4. The Kier molecular flexibility index (Phi) is 4.06.